The molecule has 0 saturated heterocycles. The molecule has 2 aromatic rings. The third-order valence-corrected chi connectivity index (χ3v) is 4.83. The molecule has 0 aromatic heterocycles. The number of benzene rings is 2. The summed E-state index contributed by atoms with van der Waals surface area (Å²) in [7, 11) is -2.57. The lowest BCUT2D eigenvalue weighted by Crippen LogP contribution is -2.19. The molecular formula is C15H13ClFNO4S. The third kappa shape index (κ3) is 4.07. The maximum absolute atomic E-state index is 13.8. The van der Waals surface area contributed by atoms with Crippen LogP contribution in [0.3, 0.4) is 0 Å². The van der Waals surface area contributed by atoms with Crippen molar-refractivity contribution in [3.8, 4) is 0 Å². The number of hydrogen-bond acceptors (Lipinski definition) is 4. The topological polar surface area (TPSA) is 72.5 Å². The highest BCUT2D eigenvalue weighted by Gasteiger charge is 2.19. The largest absolute Gasteiger partial charge is 0.457 e. The van der Waals surface area contributed by atoms with Gasteiger partial charge < -0.3 is 4.74 Å². The Balaban J connectivity index is 2.22. The number of sulfonamides is 1. The second-order valence-electron chi connectivity index (χ2n) is 4.52. The molecule has 0 unspecified atom stereocenters. The van der Waals surface area contributed by atoms with Crippen LogP contribution in [-0.4, -0.2) is 21.4 Å². The van der Waals surface area contributed by atoms with Gasteiger partial charge in [0.15, 0.2) is 0 Å². The summed E-state index contributed by atoms with van der Waals surface area (Å²) in [5.41, 5.74) is 0.0929. The predicted molar refractivity (Wildman–Crippen MR) is 83.2 cm³/mol. The summed E-state index contributed by atoms with van der Waals surface area (Å²) in [6.45, 7) is -0.152. The van der Waals surface area contributed by atoms with Crippen molar-refractivity contribution in [2.45, 2.75) is 11.5 Å². The standard InChI is InChI=1S/C15H13ClFNO4S/c1-18-23(20,21)11-6-7-14(17)12(8-11)15(19)22-9-10-4-2-3-5-13(10)16/h2-8,18H,9H2,1H3. The zero-order valence-electron chi connectivity index (χ0n) is 12.0. The van der Waals surface area contributed by atoms with Crippen LogP contribution in [0.4, 0.5) is 4.39 Å². The first kappa shape index (κ1) is 17.4. The molecule has 23 heavy (non-hydrogen) atoms. The van der Waals surface area contributed by atoms with Crippen LogP contribution in [-0.2, 0) is 21.4 Å². The van der Waals surface area contributed by atoms with E-state index >= 15 is 0 Å². The Morgan fingerprint density at radius 3 is 2.61 bits per heavy atom. The summed E-state index contributed by atoms with van der Waals surface area (Å²) >= 11 is 5.94. The molecule has 0 bridgehead atoms. The van der Waals surface area contributed by atoms with E-state index in [1.807, 2.05) is 0 Å². The molecule has 1 N–H and O–H groups in total. The quantitative estimate of drug-likeness (QED) is 0.835. The Morgan fingerprint density at radius 2 is 1.96 bits per heavy atom. The fourth-order valence-electron chi connectivity index (χ4n) is 1.78. The first-order chi connectivity index (χ1) is 10.8. The molecular weight excluding hydrogens is 345 g/mol. The lowest BCUT2D eigenvalue weighted by atomic mass is 10.2. The van der Waals surface area contributed by atoms with Gasteiger partial charge in [0.05, 0.1) is 10.5 Å². The molecule has 122 valence electrons. The van der Waals surface area contributed by atoms with E-state index in [0.29, 0.717) is 10.6 Å². The van der Waals surface area contributed by atoms with Crippen molar-refractivity contribution in [2.24, 2.45) is 0 Å². The SMILES string of the molecule is CNS(=O)(=O)c1ccc(F)c(C(=O)OCc2ccccc2Cl)c1. The third-order valence-electron chi connectivity index (χ3n) is 3.05. The van der Waals surface area contributed by atoms with Crippen LogP contribution < -0.4 is 4.72 Å². The van der Waals surface area contributed by atoms with Crippen LogP contribution in [0.1, 0.15) is 15.9 Å². The zero-order chi connectivity index (χ0) is 17.0. The molecule has 0 saturated carbocycles. The second kappa shape index (κ2) is 7.08. The van der Waals surface area contributed by atoms with Crippen LogP contribution in [0, 0.1) is 5.82 Å². The zero-order valence-corrected chi connectivity index (χ0v) is 13.6. The summed E-state index contributed by atoms with van der Waals surface area (Å²) in [5.74, 6) is -1.85. The van der Waals surface area contributed by atoms with Crippen molar-refractivity contribution in [1.29, 1.82) is 0 Å². The summed E-state index contributed by atoms with van der Waals surface area (Å²) < 4.78 is 44.3. The van der Waals surface area contributed by atoms with E-state index in [1.54, 1.807) is 24.3 Å². The van der Waals surface area contributed by atoms with Crippen LogP contribution in [0.15, 0.2) is 47.4 Å². The number of hydrogen-bond donors (Lipinski definition) is 1. The van der Waals surface area contributed by atoms with E-state index in [4.69, 9.17) is 16.3 Å². The van der Waals surface area contributed by atoms with Gasteiger partial charge in [-0.3, -0.25) is 0 Å². The monoisotopic (exact) mass is 357 g/mol. The fourth-order valence-corrected chi connectivity index (χ4v) is 2.73. The Bertz CT molecular complexity index is 839. The van der Waals surface area contributed by atoms with Gasteiger partial charge in [-0.2, -0.15) is 0 Å². The molecule has 0 radical (unpaired) electrons. The molecule has 0 heterocycles. The van der Waals surface area contributed by atoms with Gasteiger partial charge >= 0.3 is 5.97 Å². The summed E-state index contributed by atoms with van der Waals surface area (Å²) in [6, 6.07) is 9.62. The molecule has 0 aliphatic rings. The number of esters is 1. The van der Waals surface area contributed by atoms with E-state index in [1.165, 1.54) is 7.05 Å². The summed E-state index contributed by atoms with van der Waals surface area (Å²) in [6.07, 6.45) is 0. The normalized spacial score (nSPS) is 11.3. The molecule has 0 atom stereocenters. The first-order valence-electron chi connectivity index (χ1n) is 6.49. The Hall–Kier alpha value is -1.96. The van der Waals surface area contributed by atoms with Gasteiger partial charge in [0.25, 0.3) is 0 Å². The molecule has 0 aliphatic carbocycles. The minimum atomic E-state index is -3.79. The minimum absolute atomic E-state index is 0.152. The van der Waals surface area contributed by atoms with Gasteiger partial charge in [0.2, 0.25) is 10.0 Å². The van der Waals surface area contributed by atoms with Gasteiger partial charge in [-0.1, -0.05) is 29.8 Å². The van der Waals surface area contributed by atoms with Crippen molar-refractivity contribution < 1.29 is 22.3 Å². The molecule has 0 amide bonds. The highest BCUT2D eigenvalue weighted by atomic mass is 35.5. The average molecular weight is 358 g/mol. The van der Waals surface area contributed by atoms with E-state index in [-0.39, 0.29) is 11.5 Å². The van der Waals surface area contributed by atoms with E-state index in [2.05, 4.69) is 4.72 Å². The first-order valence-corrected chi connectivity index (χ1v) is 8.35. The van der Waals surface area contributed by atoms with Crippen LogP contribution in [0.5, 0.6) is 0 Å². The van der Waals surface area contributed by atoms with E-state index in [0.717, 1.165) is 18.2 Å². The maximum Gasteiger partial charge on any atom is 0.341 e. The van der Waals surface area contributed by atoms with Gasteiger partial charge in [0.1, 0.15) is 12.4 Å². The number of carbonyl (C=O) groups excluding carboxylic acids is 1. The van der Waals surface area contributed by atoms with Crippen molar-refractivity contribution in [2.75, 3.05) is 7.05 Å². The van der Waals surface area contributed by atoms with Crippen molar-refractivity contribution in [1.82, 2.24) is 4.72 Å². The van der Waals surface area contributed by atoms with E-state index in [9.17, 15) is 17.6 Å². The Morgan fingerprint density at radius 1 is 1.26 bits per heavy atom. The smallest absolute Gasteiger partial charge is 0.341 e. The highest BCUT2D eigenvalue weighted by molar-refractivity contribution is 7.89. The summed E-state index contributed by atoms with van der Waals surface area (Å²) in [4.78, 5) is 11.8. The van der Waals surface area contributed by atoms with Crippen molar-refractivity contribution >= 4 is 27.6 Å². The molecule has 0 aliphatic heterocycles. The van der Waals surface area contributed by atoms with Crippen molar-refractivity contribution in [3.05, 3.63) is 64.4 Å². The van der Waals surface area contributed by atoms with Gasteiger partial charge in [0, 0.05) is 10.6 Å². The molecule has 2 aromatic carbocycles. The van der Waals surface area contributed by atoms with E-state index < -0.39 is 27.4 Å². The predicted octanol–water partition coefficient (Wildman–Crippen LogP) is 2.74. The van der Waals surface area contributed by atoms with Gasteiger partial charge in [-0.05, 0) is 31.3 Å². The maximum atomic E-state index is 13.8. The van der Waals surface area contributed by atoms with Crippen LogP contribution in [0.25, 0.3) is 0 Å². The second-order valence-corrected chi connectivity index (χ2v) is 6.81. The van der Waals surface area contributed by atoms with Gasteiger partial charge in [-0.25, -0.2) is 22.3 Å². The number of nitrogens with one attached hydrogen (secondary N) is 1. The fraction of sp³-hybridized carbons (Fsp3) is 0.133. The average Bonchev–Trinajstić information content (AvgIpc) is 2.54. The number of rotatable bonds is 5. The van der Waals surface area contributed by atoms with Gasteiger partial charge in [-0.15, -0.1) is 0 Å². The molecule has 5 nitrogen and oxygen atoms in total. The number of ether oxygens (including phenoxy) is 1. The van der Waals surface area contributed by atoms with Crippen molar-refractivity contribution in [3.63, 3.8) is 0 Å². The Labute approximate surface area is 138 Å². The molecule has 8 heteroatoms. The highest BCUT2D eigenvalue weighted by Crippen LogP contribution is 2.19. The van der Waals surface area contributed by atoms with Crippen LogP contribution >= 0.6 is 11.6 Å². The molecule has 0 spiro atoms. The summed E-state index contributed by atoms with van der Waals surface area (Å²) in [5, 5.41) is 0.410. The lowest BCUT2D eigenvalue weighted by molar-refractivity contribution is 0.0467. The number of carbonyl (C=O) groups is 1. The van der Waals surface area contributed by atoms with Crippen LogP contribution in [0.2, 0.25) is 5.02 Å². The Kier molecular flexibility index (Phi) is 5.35. The molecule has 0 fully saturated rings. The molecule has 2 rings (SSSR count). The number of halogens is 2. The minimum Gasteiger partial charge on any atom is -0.457 e. The lowest BCUT2D eigenvalue weighted by Gasteiger charge is -2.09.